The van der Waals surface area contributed by atoms with Crippen LogP contribution in [0.15, 0.2) is 59.6 Å². The summed E-state index contributed by atoms with van der Waals surface area (Å²) in [4.78, 5) is 30.6. The molecule has 1 aliphatic rings. The van der Waals surface area contributed by atoms with Crippen molar-refractivity contribution in [3.8, 4) is 0 Å². The van der Waals surface area contributed by atoms with Crippen molar-refractivity contribution in [3.05, 3.63) is 65.7 Å². The Kier molecular flexibility index (Phi) is 4.19. The van der Waals surface area contributed by atoms with Crippen molar-refractivity contribution in [3.63, 3.8) is 0 Å². The number of carbonyl (C=O) groups excluding carboxylic acids is 2. The number of amides is 2. The topological polar surface area (TPSA) is 61.8 Å². The second-order valence-corrected chi connectivity index (χ2v) is 5.35. The predicted molar refractivity (Wildman–Crippen MR) is 89.6 cm³/mol. The SMILES string of the molecule is Cc1ccc(NC(=O)C2=NCCN2C(=O)c2ccccc2)cc1. The second-order valence-electron chi connectivity index (χ2n) is 5.35. The summed E-state index contributed by atoms with van der Waals surface area (Å²) in [5, 5.41) is 2.78. The van der Waals surface area contributed by atoms with Gasteiger partial charge in [-0.15, -0.1) is 0 Å². The third-order valence-corrected chi connectivity index (χ3v) is 3.62. The maximum absolute atomic E-state index is 12.5. The van der Waals surface area contributed by atoms with Gasteiger partial charge in [-0.05, 0) is 31.2 Å². The summed E-state index contributed by atoms with van der Waals surface area (Å²) >= 11 is 0. The summed E-state index contributed by atoms with van der Waals surface area (Å²) in [5.41, 5.74) is 2.34. The van der Waals surface area contributed by atoms with Crippen LogP contribution < -0.4 is 5.32 Å². The van der Waals surface area contributed by atoms with Crippen molar-refractivity contribution in [1.29, 1.82) is 0 Å². The van der Waals surface area contributed by atoms with Crippen LogP contribution in [0.5, 0.6) is 0 Å². The summed E-state index contributed by atoms with van der Waals surface area (Å²) in [6.45, 7) is 2.84. The molecule has 1 aliphatic heterocycles. The number of rotatable bonds is 3. The standard InChI is InChI=1S/C18H17N3O2/c1-13-7-9-15(10-8-13)20-17(22)16-19-11-12-21(16)18(23)14-5-3-2-4-6-14/h2-10H,11-12H2,1H3,(H,20,22). The van der Waals surface area contributed by atoms with E-state index in [4.69, 9.17) is 0 Å². The van der Waals surface area contributed by atoms with Gasteiger partial charge in [0, 0.05) is 17.8 Å². The molecule has 1 N–H and O–H groups in total. The van der Waals surface area contributed by atoms with E-state index < -0.39 is 0 Å². The number of hydrogen-bond acceptors (Lipinski definition) is 3. The van der Waals surface area contributed by atoms with E-state index in [9.17, 15) is 9.59 Å². The fourth-order valence-corrected chi connectivity index (χ4v) is 2.40. The molecule has 0 aliphatic carbocycles. The molecular weight excluding hydrogens is 290 g/mol. The first-order chi connectivity index (χ1) is 11.1. The van der Waals surface area contributed by atoms with Gasteiger partial charge in [-0.3, -0.25) is 19.5 Å². The summed E-state index contributed by atoms with van der Waals surface area (Å²) in [6.07, 6.45) is 0. The lowest BCUT2D eigenvalue weighted by atomic mass is 10.2. The van der Waals surface area contributed by atoms with Gasteiger partial charge in [0.05, 0.1) is 6.54 Å². The van der Waals surface area contributed by atoms with Gasteiger partial charge in [-0.2, -0.15) is 0 Å². The Bertz CT molecular complexity index is 752. The van der Waals surface area contributed by atoms with E-state index in [2.05, 4.69) is 10.3 Å². The van der Waals surface area contributed by atoms with Crippen LogP contribution in [-0.4, -0.2) is 35.6 Å². The highest BCUT2D eigenvalue weighted by atomic mass is 16.2. The summed E-state index contributed by atoms with van der Waals surface area (Å²) < 4.78 is 0. The molecule has 0 saturated carbocycles. The van der Waals surface area contributed by atoms with Crippen molar-refractivity contribution >= 4 is 23.3 Å². The molecule has 0 unspecified atom stereocenters. The molecule has 2 aromatic rings. The van der Waals surface area contributed by atoms with Gasteiger partial charge in [-0.1, -0.05) is 35.9 Å². The van der Waals surface area contributed by atoms with E-state index >= 15 is 0 Å². The number of anilines is 1. The van der Waals surface area contributed by atoms with Crippen molar-refractivity contribution in [2.75, 3.05) is 18.4 Å². The van der Waals surface area contributed by atoms with Crippen LogP contribution in [0.25, 0.3) is 0 Å². The first-order valence-electron chi connectivity index (χ1n) is 7.44. The molecule has 0 saturated heterocycles. The Balaban J connectivity index is 1.75. The van der Waals surface area contributed by atoms with Gasteiger partial charge >= 0.3 is 0 Å². The Morgan fingerprint density at radius 2 is 1.74 bits per heavy atom. The normalized spacial score (nSPS) is 13.6. The monoisotopic (exact) mass is 307 g/mol. The Morgan fingerprint density at radius 1 is 1.04 bits per heavy atom. The van der Waals surface area contributed by atoms with E-state index in [-0.39, 0.29) is 17.6 Å². The molecule has 2 aromatic carbocycles. The van der Waals surface area contributed by atoms with Crippen molar-refractivity contribution in [1.82, 2.24) is 4.90 Å². The summed E-state index contributed by atoms with van der Waals surface area (Å²) in [5.74, 6) is -0.407. The van der Waals surface area contributed by atoms with Crippen LogP contribution in [0, 0.1) is 6.92 Å². The minimum Gasteiger partial charge on any atom is -0.319 e. The van der Waals surface area contributed by atoms with Crippen LogP contribution in [0.2, 0.25) is 0 Å². The minimum absolute atomic E-state index is 0.166. The molecule has 5 heteroatoms. The molecule has 1 heterocycles. The fourth-order valence-electron chi connectivity index (χ4n) is 2.40. The van der Waals surface area contributed by atoms with Crippen LogP contribution in [0.1, 0.15) is 15.9 Å². The number of nitrogens with zero attached hydrogens (tertiary/aromatic N) is 2. The largest absolute Gasteiger partial charge is 0.319 e. The second kappa shape index (κ2) is 6.44. The molecule has 0 atom stereocenters. The van der Waals surface area contributed by atoms with Crippen molar-refractivity contribution in [2.45, 2.75) is 6.92 Å². The Hall–Kier alpha value is -2.95. The molecule has 0 spiro atoms. The number of nitrogens with one attached hydrogen (secondary N) is 1. The fraction of sp³-hybridized carbons (Fsp3) is 0.167. The van der Waals surface area contributed by atoms with Gasteiger partial charge in [-0.25, -0.2) is 0 Å². The highest BCUT2D eigenvalue weighted by molar-refractivity contribution is 6.45. The first kappa shape index (κ1) is 15.0. The highest BCUT2D eigenvalue weighted by Crippen LogP contribution is 2.13. The Labute approximate surface area is 134 Å². The average molecular weight is 307 g/mol. The van der Waals surface area contributed by atoms with Crippen LogP contribution in [0.4, 0.5) is 5.69 Å². The van der Waals surface area contributed by atoms with Gasteiger partial charge < -0.3 is 5.32 Å². The lowest BCUT2D eigenvalue weighted by Gasteiger charge is -2.18. The number of amidine groups is 1. The lowest BCUT2D eigenvalue weighted by Crippen LogP contribution is -2.41. The molecule has 0 radical (unpaired) electrons. The number of hydrogen-bond donors (Lipinski definition) is 1. The van der Waals surface area contributed by atoms with E-state index in [1.165, 1.54) is 4.90 Å². The number of aliphatic imine (C=N–C) groups is 1. The molecule has 116 valence electrons. The van der Waals surface area contributed by atoms with Gasteiger partial charge in [0.2, 0.25) is 0 Å². The van der Waals surface area contributed by atoms with E-state index in [1.54, 1.807) is 24.3 Å². The molecule has 0 aromatic heterocycles. The minimum atomic E-state index is -0.365. The Morgan fingerprint density at radius 3 is 2.43 bits per heavy atom. The van der Waals surface area contributed by atoms with Crippen LogP contribution in [-0.2, 0) is 4.79 Å². The van der Waals surface area contributed by atoms with Gasteiger partial charge in [0.25, 0.3) is 11.8 Å². The van der Waals surface area contributed by atoms with Crippen molar-refractivity contribution < 1.29 is 9.59 Å². The highest BCUT2D eigenvalue weighted by Gasteiger charge is 2.29. The molecule has 0 bridgehead atoms. The third-order valence-electron chi connectivity index (χ3n) is 3.62. The lowest BCUT2D eigenvalue weighted by molar-refractivity contribution is -0.110. The van der Waals surface area contributed by atoms with Crippen LogP contribution >= 0.6 is 0 Å². The zero-order valence-electron chi connectivity index (χ0n) is 12.8. The predicted octanol–water partition coefficient (Wildman–Crippen LogP) is 2.49. The number of aryl methyl sites for hydroxylation is 1. The maximum Gasteiger partial charge on any atom is 0.291 e. The van der Waals surface area contributed by atoms with E-state index in [0.29, 0.717) is 24.3 Å². The molecule has 5 nitrogen and oxygen atoms in total. The zero-order chi connectivity index (χ0) is 16.2. The molecule has 0 fully saturated rings. The van der Waals surface area contributed by atoms with E-state index in [1.807, 2.05) is 37.3 Å². The third kappa shape index (κ3) is 3.29. The smallest absolute Gasteiger partial charge is 0.291 e. The van der Waals surface area contributed by atoms with Crippen molar-refractivity contribution in [2.24, 2.45) is 4.99 Å². The number of benzene rings is 2. The first-order valence-corrected chi connectivity index (χ1v) is 7.44. The summed E-state index contributed by atoms with van der Waals surface area (Å²) in [7, 11) is 0. The molecule has 2 amide bonds. The zero-order valence-corrected chi connectivity index (χ0v) is 12.8. The molecule has 3 rings (SSSR count). The van der Waals surface area contributed by atoms with Gasteiger partial charge in [0.1, 0.15) is 0 Å². The maximum atomic E-state index is 12.5. The number of carbonyl (C=O) groups is 2. The molecule has 23 heavy (non-hydrogen) atoms. The quantitative estimate of drug-likeness (QED) is 0.947. The van der Waals surface area contributed by atoms with Crippen LogP contribution in [0.3, 0.4) is 0 Å². The average Bonchev–Trinajstić information content (AvgIpc) is 3.07. The molecular formula is C18H17N3O2. The van der Waals surface area contributed by atoms with E-state index in [0.717, 1.165) is 5.56 Å². The van der Waals surface area contributed by atoms with Gasteiger partial charge in [0.15, 0.2) is 5.84 Å². The summed E-state index contributed by atoms with van der Waals surface area (Å²) in [6, 6.07) is 16.4.